The second-order valence-corrected chi connectivity index (χ2v) is 6.07. The third kappa shape index (κ3) is 3.54. The number of rotatable bonds is 6. The molecule has 0 saturated heterocycles. The van der Waals surface area contributed by atoms with Crippen LogP contribution in [0, 0.1) is 5.92 Å². The van der Waals surface area contributed by atoms with Gasteiger partial charge in [0.1, 0.15) is 6.33 Å². The Morgan fingerprint density at radius 2 is 2.21 bits per heavy atom. The molecule has 0 unspecified atom stereocenters. The van der Waals surface area contributed by atoms with Crippen molar-refractivity contribution in [3.05, 3.63) is 40.9 Å². The van der Waals surface area contributed by atoms with Gasteiger partial charge in [-0.2, -0.15) is 5.10 Å². The molecule has 0 spiro atoms. The Hall–Kier alpha value is -2.06. The molecular formula is C15H16ClF2N5O. The lowest BCUT2D eigenvalue weighted by molar-refractivity contribution is -0.122. The first-order valence-electron chi connectivity index (χ1n) is 7.48. The smallest absolute Gasteiger partial charge is 0.297 e. The maximum atomic E-state index is 13.0. The number of halogens is 3. The van der Waals surface area contributed by atoms with Crippen LogP contribution in [0.4, 0.5) is 8.78 Å². The lowest BCUT2D eigenvalue weighted by Gasteiger charge is -2.15. The minimum Gasteiger partial charge on any atom is -0.354 e. The third-order valence-electron chi connectivity index (χ3n) is 3.84. The van der Waals surface area contributed by atoms with Gasteiger partial charge in [0.2, 0.25) is 5.91 Å². The van der Waals surface area contributed by atoms with Gasteiger partial charge in [0.15, 0.2) is 5.82 Å². The van der Waals surface area contributed by atoms with Gasteiger partial charge in [-0.15, -0.1) is 0 Å². The van der Waals surface area contributed by atoms with Crippen molar-refractivity contribution in [2.75, 3.05) is 6.54 Å². The van der Waals surface area contributed by atoms with Gasteiger partial charge in [0.05, 0.1) is 10.7 Å². The molecule has 0 aliphatic heterocycles. The molecule has 1 atom stereocenters. The van der Waals surface area contributed by atoms with Gasteiger partial charge in [-0.05, 0) is 30.5 Å². The SMILES string of the molecule is N[C@H](CNC(=O)C1CC1)c1ccc(Cl)c(-n2ncnc2C(F)F)c1. The molecule has 3 N–H and O–H groups in total. The van der Waals surface area contributed by atoms with E-state index in [9.17, 15) is 13.6 Å². The molecule has 0 radical (unpaired) electrons. The molecule has 2 aromatic rings. The highest BCUT2D eigenvalue weighted by atomic mass is 35.5. The number of nitrogens with one attached hydrogen (secondary N) is 1. The summed E-state index contributed by atoms with van der Waals surface area (Å²) in [7, 11) is 0. The molecule has 6 nitrogen and oxygen atoms in total. The predicted octanol–water partition coefficient (Wildman–Crippen LogP) is 2.38. The minimum atomic E-state index is -2.78. The van der Waals surface area contributed by atoms with Crippen LogP contribution in [0.2, 0.25) is 5.02 Å². The highest BCUT2D eigenvalue weighted by Crippen LogP contribution is 2.29. The molecule has 128 valence electrons. The number of nitrogens with two attached hydrogens (primary N) is 1. The first-order valence-corrected chi connectivity index (χ1v) is 7.86. The molecule has 1 aliphatic carbocycles. The Labute approximate surface area is 142 Å². The van der Waals surface area contributed by atoms with Crippen molar-refractivity contribution in [2.45, 2.75) is 25.3 Å². The van der Waals surface area contributed by atoms with Crippen LogP contribution in [0.5, 0.6) is 0 Å². The first-order chi connectivity index (χ1) is 11.5. The summed E-state index contributed by atoms with van der Waals surface area (Å²) in [5, 5.41) is 6.85. The normalized spacial score (nSPS) is 15.5. The Balaban J connectivity index is 1.80. The van der Waals surface area contributed by atoms with Gasteiger partial charge < -0.3 is 11.1 Å². The number of alkyl halides is 2. The fraction of sp³-hybridized carbons (Fsp3) is 0.400. The van der Waals surface area contributed by atoms with Crippen LogP contribution in [0.1, 0.15) is 36.7 Å². The number of hydrogen-bond donors (Lipinski definition) is 2. The molecular weight excluding hydrogens is 340 g/mol. The summed E-state index contributed by atoms with van der Waals surface area (Å²) in [6, 6.07) is 4.35. The van der Waals surface area contributed by atoms with Crippen molar-refractivity contribution in [1.29, 1.82) is 0 Å². The van der Waals surface area contributed by atoms with Crippen LogP contribution in [0.3, 0.4) is 0 Å². The van der Waals surface area contributed by atoms with Crippen LogP contribution < -0.4 is 11.1 Å². The molecule has 1 aromatic heterocycles. The molecule has 3 rings (SSSR count). The van der Waals surface area contributed by atoms with Crippen molar-refractivity contribution in [3.63, 3.8) is 0 Å². The summed E-state index contributed by atoms with van der Waals surface area (Å²) in [5.74, 6) is -0.401. The van der Waals surface area contributed by atoms with E-state index in [2.05, 4.69) is 15.4 Å². The van der Waals surface area contributed by atoms with E-state index in [1.165, 1.54) is 0 Å². The van der Waals surface area contributed by atoms with E-state index < -0.39 is 18.3 Å². The average molecular weight is 356 g/mol. The standard InChI is InChI=1S/C15H16ClF2N5O/c16-10-4-3-9(11(19)6-20-15(24)8-1-2-8)5-12(10)23-14(13(17)18)21-7-22-23/h3-5,7-8,11,13H,1-2,6,19H2,(H,20,24)/t11-/m1/s1. The van der Waals surface area contributed by atoms with E-state index in [-0.39, 0.29) is 29.1 Å². The van der Waals surface area contributed by atoms with Gasteiger partial charge in [-0.1, -0.05) is 17.7 Å². The van der Waals surface area contributed by atoms with Crippen molar-refractivity contribution >= 4 is 17.5 Å². The number of carbonyl (C=O) groups is 1. The van der Waals surface area contributed by atoms with E-state index in [4.69, 9.17) is 17.3 Å². The topological polar surface area (TPSA) is 85.8 Å². The van der Waals surface area contributed by atoms with Crippen LogP contribution in [0.25, 0.3) is 5.69 Å². The molecule has 1 saturated carbocycles. The van der Waals surface area contributed by atoms with E-state index in [0.717, 1.165) is 23.9 Å². The molecule has 24 heavy (non-hydrogen) atoms. The molecule has 9 heteroatoms. The summed E-state index contributed by atoms with van der Waals surface area (Å²) in [4.78, 5) is 15.2. The molecule has 1 heterocycles. The van der Waals surface area contributed by atoms with E-state index >= 15 is 0 Å². The summed E-state index contributed by atoms with van der Waals surface area (Å²) in [6.45, 7) is 0.259. The zero-order valence-corrected chi connectivity index (χ0v) is 13.4. The Morgan fingerprint density at radius 3 is 2.88 bits per heavy atom. The summed E-state index contributed by atoms with van der Waals surface area (Å²) < 4.78 is 27.0. The van der Waals surface area contributed by atoms with Crippen LogP contribution in [0.15, 0.2) is 24.5 Å². The monoisotopic (exact) mass is 355 g/mol. The quantitative estimate of drug-likeness (QED) is 0.833. The summed E-state index contributed by atoms with van der Waals surface area (Å²) in [5.41, 5.74) is 7.01. The van der Waals surface area contributed by atoms with Crippen LogP contribution in [-0.2, 0) is 4.79 Å². The lowest BCUT2D eigenvalue weighted by Crippen LogP contribution is -2.32. The number of nitrogens with zero attached hydrogens (tertiary/aromatic N) is 3. The van der Waals surface area contributed by atoms with Gasteiger partial charge in [0, 0.05) is 18.5 Å². The number of carbonyl (C=O) groups excluding carboxylic acids is 1. The minimum absolute atomic E-state index is 0.00380. The fourth-order valence-electron chi connectivity index (χ4n) is 2.33. The highest BCUT2D eigenvalue weighted by molar-refractivity contribution is 6.32. The first kappa shape index (κ1) is 16.8. The van der Waals surface area contributed by atoms with E-state index in [1.807, 2.05) is 0 Å². The number of amides is 1. The molecule has 0 bridgehead atoms. The van der Waals surface area contributed by atoms with Crippen LogP contribution in [-0.4, -0.2) is 27.2 Å². The molecule has 1 fully saturated rings. The van der Waals surface area contributed by atoms with Gasteiger partial charge >= 0.3 is 0 Å². The predicted molar refractivity (Wildman–Crippen MR) is 84.0 cm³/mol. The largest absolute Gasteiger partial charge is 0.354 e. The Bertz CT molecular complexity index is 747. The zero-order valence-electron chi connectivity index (χ0n) is 12.6. The number of aromatic nitrogens is 3. The van der Waals surface area contributed by atoms with Gasteiger partial charge in [-0.25, -0.2) is 18.4 Å². The Morgan fingerprint density at radius 1 is 1.46 bits per heavy atom. The van der Waals surface area contributed by atoms with Gasteiger partial charge in [0.25, 0.3) is 6.43 Å². The fourth-order valence-corrected chi connectivity index (χ4v) is 2.52. The number of benzene rings is 1. The maximum absolute atomic E-state index is 13.0. The zero-order chi connectivity index (χ0) is 17.3. The maximum Gasteiger partial charge on any atom is 0.297 e. The second kappa shape index (κ2) is 6.82. The van der Waals surface area contributed by atoms with Crippen molar-refractivity contribution in [1.82, 2.24) is 20.1 Å². The van der Waals surface area contributed by atoms with Crippen molar-refractivity contribution in [2.24, 2.45) is 11.7 Å². The Kier molecular flexibility index (Phi) is 4.77. The van der Waals surface area contributed by atoms with Crippen molar-refractivity contribution < 1.29 is 13.6 Å². The summed E-state index contributed by atoms with van der Waals surface area (Å²) in [6.07, 6.45) is 0.0861. The van der Waals surface area contributed by atoms with Crippen molar-refractivity contribution in [3.8, 4) is 5.69 Å². The third-order valence-corrected chi connectivity index (χ3v) is 4.16. The number of hydrogen-bond acceptors (Lipinski definition) is 4. The molecule has 1 aliphatic rings. The van der Waals surface area contributed by atoms with E-state index in [0.29, 0.717) is 5.56 Å². The van der Waals surface area contributed by atoms with Crippen LogP contribution >= 0.6 is 11.6 Å². The van der Waals surface area contributed by atoms with Gasteiger partial charge in [-0.3, -0.25) is 4.79 Å². The highest BCUT2D eigenvalue weighted by Gasteiger charge is 2.29. The lowest BCUT2D eigenvalue weighted by atomic mass is 10.1. The summed E-state index contributed by atoms with van der Waals surface area (Å²) >= 11 is 6.10. The molecule has 1 aromatic carbocycles. The van der Waals surface area contributed by atoms with E-state index in [1.54, 1.807) is 18.2 Å². The average Bonchev–Trinajstić information content (AvgIpc) is 3.29. The second-order valence-electron chi connectivity index (χ2n) is 5.67. The molecule has 1 amide bonds.